The summed E-state index contributed by atoms with van der Waals surface area (Å²) in [5.74, 6) is 0.273. The molecule has 0 spiro atoms. The molecular weight excluding hydrogens is 306 g/mol. The Labute approximate surface area is 151 Å². The number of aryl methyl sites for hydroxylation is 2. The molecule has 2 aromatic rings. The molecule has 25 heavy (non-hydrogen) atoms. The molecule has 1 heterocycles. The van der Waals surface area contributed by atoms with Gasteiger partial charge in [0, 0.05) is 18.0 Å². The Morgan fingerprint density at radius 1 is 0.880 bits per heavy atom. The number of Topliss-reactive ketones (excluding diaryl/α,β-unsaturated/α-hetero) is 1. The van der Waals surface area contributed by atoms with Crippen molar-refractivity contribution >= 4 is 5.78 Å². The molecule has 0 aliphatic carbocycles. The summed E-state index contributed by atoms with van der Waals surface area (Å²) in [4.78, 5) is 12.4. The summed E-state index contributed by atoms with van der Waals surface area (Å²) in [7, 11) is 0. The highest BCUT2D eigenvalue weighted by Crippen LogP contribution is 2.15. The van der Waals surface area contributed by atoms with E-state index in [1.807, 2.05) is 12.1 Å². The van der Waals surface area contributed by atoms with E-state index in [4.69, 9.17) is 0 Å². The molecule has 0 amide bonds. The summed E-state index contributed by atoms with van der Waals surface area (Å²) >= 11 is 0. The van der Waals surface area contributed by atoms with Crippen molar-refractivity contribution in [3.8, 4) is 0 Å². The van der Waals surface area contributed by atoms with Crippen LogP contribution in [0.4, 0.5) is 0 Å². The average Bonchev–Trinajstić information content (AvgIpc) is 2.67. The van der Waals surface area contributed by atoms with Crippen molar-refractivity contribution in [2.75, 3.05) is 6.54 Å². The van der Waals surface area contributed by atoms with E-state index in [0.29, 0.717) is 12.5 Å². The van der Waals surface area contributed by atoms with Crippen LogP contribution >= 0.6 is 0 Å². The van der Waals surface area contributed by atoms with Gasteiger partial charge in [-0.15, -0.1) is 0 Å². The summed E-state index contributed by atoms with van der Waals surface area (Å²) < 4.78 is 0. The number of unbranched alkanes of at least 4 members (excludes halogenated alkanes) is 1. The summed E-state index contributed by atoms with van der Waals surface area (Å²) in [5.41, 5.74) is 3.61. The Hall–Kier alpha value is -1.93. The molecule has 1 fully saturated rings. The van der Waals surface area contributed by atoms with Crippen molar-refractivity contribution in [2.45, 2.75) is 57.4 Å². The number of rotatable bonds is 8. The fourth-order valence-electron chi connectivity index (χ4n) is 3.60. The Balaban J connectivity index is 1.41. The molecule has 1 N–H and O–H groups in total. The largest absolute Gasteiger partial charge is 0.314 e. The van der Waals surface area contributed by atoms with Crippen LogP contribution in [-0.4, -0.2) is 18.4 Å². The number of piperidine rings is 1. The first-order chi connectivity index (χ1) is 12.3. The van der Waals surface area contributed by atoms with Gasteiger partial charge in [0.05, 0.1) is 0 Å². The Morgan fingerprint density at radius 2 is 1.56 bits per heavy atom. The minimum atomic E-state index is 0.273. The van der Waals surface area contributed by atoms with E-state index < -0.39 is 0 Å². The third kappa shape index (κ3) is 5.82. The van der Waals surface area contributed by atoms with Gasteiger partial charge in [0.2, 0.25) is 0 Å². The van der Waals surface area contributed by atoms with Gasteiger partial charge in [-0.1, -0.05) is 61.0 Å². The summed E-state index contributed by atoms with van der Waals surface area (Å²) in [6.07, 6.45) is 8.88. The number of hydrogen-bond donors (Lipinski definition) is 1. The monoisotopic (exact) mass is 335 g/mol. The van der Waals surface area contributed by atoms with Crippen LogP contribution in [0.25, 0.3) is 0 Å². The van der Waals surface area contributed by atoms with Crippen molar-refractivity contribution in [3.05, 3.63) is 71.3 Å². The van der Waals surface area contributed by atoms with E-state index in [1.54, 1.807) is 0 Å². The standard InChI is InChI=1S/C23H29NO/c25-23(18-22-12-6-7-17-24-22)21-15-13-20(14-16-21)11-5-4-10-19-8-2-1-3-9-19/h1-3,8-9,13-16,22,24H,4-7,10-12,17-18H2. The normalized spacial score (nSPS) is 17.4. The quantitative estimate of drug-likeness (QED) is 0.545. The topological polar surface area (TPSA) is 29.1 Å². The second-order valence-corrected chi connectivity index (χ2v) is 7.16. The van der Waals surface area contributed by atoms with Crippen molar-refractivity contribution in [1.29, 1.82) is 0 Å². The minimum absolute atomic E-state index is 0.273. The highest BCUT2D eigenvalue weighted by molar-refractivity contribution is 5.96. The first-order valence-corrected chi connectivity index (χ1v) is 9.71. The molecule has 1 aliphatic heterocycles. The first kappa shape index (κ1) is 17.9. The molecular formula is C23H29NO. The minimum Gasteiger partial charge on any atom is -0.314 e. The Bertz CT molecular complexity index is 642. The maximum absolute atomic E-state index is 12.4. The van der Waals surface area contributed by atoms with Crippen LogP contribution in [0.1, 0.15) is 60.0 Å². The highest BCUT2D eigenvalue weighted by Gasteiger charge is 2.17. The molecule has 0 aromatic heterocycles. The fourth-order valence-corrected chi connectivity index (χ4v) is 3.60. The van der Waals surface area contributed by atoms with Crippen molar-refractivity contribution < 1.29 is 4.79 Å². The van der Waals surface area contributed by atoms with Gasteiger partial charge in [-0.2, -0.15) is 0 Å². The van der Waals surface area contributed by atoms with Gasteiger partial charge in [-0.05, 0) is 56.2 Å². The van der Waals surface area contributed by atoms with Gasteiger partial charge in [0.25, 0.3) is 0 Å². The first-order valence-electron chi connectivity index (χ1n) is 9.71. The number of hydrogen-bond acceptors (Lipinski definition) is 2. The van der Waals surface area contributed by atoms with Gasteiger partial charge in [-0.25, -0.2) is 0 Å². The van der Waals surface area contributed by atoms with E-state index >= 15 is 0 Å². The van der Waals surface area contributed by atoms with Gasteiger partial charge in [0.1, 0.15) is 0 Å². The second kappa shape index (κ2) is 9.53. The number of carbonyl (C=O) groups excluding carboxylic acids is 1. The van der Waals surface area contributed by atoms with E-state index in [2.05, 4.69) is 47.8 Å². The summed E-state index contributed by atoms with van der Waals surface area (Å²) in [6, 6.07) is 19.3. The zero-order valence-electron chi connectivity index (χ0n) is 15.0. The molecule has 2 heteroatoms. The Kier molecular flexibility index (Phi) is 6.81. The third-order valence-corrected chi connectivity index (χ3v) is 5.14. The van der Waals surface area contributed by atoms with Crippen LogP contribution in [-0.2, 0) is 12.8 Å². The maximum Gasteiger partial charge on any atom is 0.164 e. The molecule has 1 aliphatic rings. The lowest BCUT2D eigenvalue weighted by molar-refractivity contribution is 0.0963. The molecule has 1 unspecified atom stereocenters. The predicted octanol–water partition coefficient (Wildman–Crippen LogP) is 4.97. The molecule has 2 aromatic carbocycles. The molecule has 3 rings (SSSR count). The lowest BCUT2D eigenvalue weighted by atomic mass is 9.96. The molecule has 2 nitrogen and oxygen atoms in total. The van der Waals surface area contributed by atoms with E-state index in [1.165, 1.54) is 36.8 Å². The maximum atomic E-state index is 12.4. The summed E-state index contributed by atoms with van der Waals surface area (Å²) in [6.45, 7) is 1.06. The van der Waals surface area contributed by atoms with E-state index in [9.17, 15) is 4.79 Å². The van der Waals surface area contributed by atoms with Crippen LogP contribution in [0.2, 0.25) is 0 Å². The molecule has 1 atom stereocenters. The number of carbonyl (C=O) groups is 1. The van der Waals surface area contributed by atoms with Crippen molar-refractivity contribution in [1.82, 2.24) is 5.32 Å². The number of ketones is 1. The lowest BCUT2D eigenvalue weighted by Gasteiger charge is -2.22. The van der Waals surface area contributed by atoms with Crippen LogP contribution in [0, 0.1) is 0 Å². The molecule has 0 saturated carbocycles. The fraction of sp³-hybridized carbons (Fsp3) is 0.435. The summed E-state index contributed by atoms with van der Waals surface area (Å²) in [5, 5.41) is 3.46. The van der Waals surface area contributed by atoms with Gasteiger partial charge in [0.15, 0.2) is 5.78 Å². The molecule has 0 bridgehead atoms. The zero-order valence-corrected chi connectivity index (χ0v) is 15.0. The van der Waals surface area contributed by atoms with Crippen LogP contribution in [0.3, 0.4) is 0 Å². The second-order valence-electron chi connectivity index (χ2n) is 7.16. The smallest absolute Gasteiger partial charge is 0.164 e. The average molecular weight is 335 g/mol. The van der Waals surface area contributed by atoms with Gasteiger partial charge >= 0.3 is 0 Å². The lowest BCUT2D eigenvalue weighted by Crippen LogP contribution is -2.35. The van der Waals surface area contributed by atoms with Crippen LogP contribution < -0.4 is 5.32 Å². The predicted molar refractivity (Wildman–Crippen MR) is 104 cm³/mol. The van der Waals surface area contributed by atoms with Gasteiger partial charge in [-0.3, -0.25) is 4.79 Å². The number of benzene rings is 2. The third-order valence-electron chi connectivity index (χ3n) is 5.14. The molecule has 1 saturated heterocycles. The zero-order chi connectivity index (χ0) is 17.3. The highest BCUT2D eigenvalue weighted by atomic mass is 16.1. The molecule has 132 valence electrons. The SMILES string of the molecule is O=C(CC1CCCCN1)c1ccc(CCCCc2ccccc2)cc1. The van der Waals surface area contributed by atoms with Crippen LogP contribution in [0.5, 0.6) is 0 Å². The Morgan fingerprint density at radius 3 is 2.20 bits per heavy atom. The van der Waals surface area contributed by atoms with Crippen molar-refractivity contribution in [2.24, 2.45) is 0 Å². The van der Waals surface area contributed by atoms with Crippen LogP contribution in [0.15, 0.2) is 54.6 Å². The van der Waals surface area contributed by atoms with E-state index in [0.717, 1.165) is 31.4 Å². The number of nitrogens with one attached hydrogen (secondary N) is 1. The van der Waals surface area contributed by atoms with E-state index in [-0.39, 0.29) is 5.78 Å². The molecule has 0 radical (unpaired) electrons. The van der Waals surface area contributed by atoms with Gasteiger partial charge < -0.3 is 5.32 Å². The van der Waals surface area contributed by atoms with Crippen molar-refractivity contribution in [3.63, 3.8) is 0 Å².